The van der Waals surface area contributed by atoms with Crippen molar-refractivity contribution < 1.29 is 4.92 Å². The molecular weight excluding hydrogens is 178 g/mol. The van der Waals surface area contributed by atoms with E-state index in [-0.39, 0.29) is 16.5 Å². The lowest BCUT2D eigenvalue weighted by atomic mass is 10.0. The van der Waals surface area contributed by atoms with Crippen LogP contribution in [0.25, 0.3) is 0 Å². The van der Waals surface area contributed by atoms with Gasteiger partial charge in [0, 0.05) is 12.8 Å². The number of hydrogen-bond acceptors (Lipinski definition) is 2. The first-order valence-corrected chi connectivity index (χ1v) is 4.49. The third-order valence-corrected chi connectivity index (χ3v) is 2.10. The van der Waals surface area contributed by atoms with Crippen LogP contribution in [0.15, 0.2) is 42.1 Å². The minimum atomic E-state index is -0.362. The fourth-order valence-corrected chi connectivity index (χ4v) is 1.28. The van der Waals surface area contributed by atoms with E-state index < -0.39 is 0 Å². The van der Waals surface area contributed by atoms with Crippen molar-refractivity contribution in [3.8, 4) is 0 Å². The largest absolute Gasteiger partial charge is 0.259 e. The molecule has 0 N–H and O–H groups in total. The van der Waals surface area contributed by atoms with Gasteiger partial charge < -0.3 is 0 Å². The second-order valence-electron chi connectivity index (χ2n) is 3.26. The molecule has 0 spiro atoms. The first kappa shape index (κ1) is 10.4. The van der Waals surface area contributed by atoms with Gasteiger partial charge in [0.1, 0.15) is 0 Å². The van der Waals surface area contributed by atoms with Gasteiger partial charge in [0.25, 0.3) is 0 Å². The summed E-state index contributed by atoms with van der Waals surface area (Å²) in [4.78, 5) is 10.0. The molecule has 1 rings (SSSR count). The van der Waals surface area contributed by atoms with Crippen LogP contribution in [-0.4, -0.2) is 4.92 Å². The number of allylic oxidation sites excluding steroid dienone is 2. The zero-order chi connectivity index (χ0) is 10.6. The second-order valence-corrected chi connectivity index (χ2v) is 3.26. The molecule has 3 heteroatoms. The number of nitro groups is 1. The number of nitrogens with zero attached hydrogens (tertiary/aromatic N) is 1. The first-order chi connectivity index (χ1) is 6.61. The van der Waals surface area contributed by atoms with E-state index in [0.717, 1.165) is 5.56 Å². The van der Waals surface area contributed by atoms with Gasteiger partial charge in [-0.2, -0.15) is 0 Å². The van der Waals surface area contributed by atoms with Gasteiger partial charge in [-0.05, 0) is 11.6 Å². The maximum absolute atomic E-state index is 10.4. The first-order valence-electron chi connectivity index (χ1n) is 4.49. The standard InChI is InChI=1S/C11H13NO2/c1-9(8-10(2)12(13)14)11-6-4-3-5-7-11/h3-9H,1-2H3/b10-8-/t9-/m1/s1. The van der Waals surface area contributed by atoms with Crippen LogP contribution in [0.5, 0.6) is 0 Å². The van der Waals surface area contributed by atoms with E-state index in [1.165, 1.54) is 6.92 Å². The lowest BCUT2D eigenvalue weighted by Gasteiger charge is -2.05. The predicted molar refractivity (Wildman–Crippen MR) is 55.6 cm³/mol. The van der Waals surface area contributed by atoms with E-state index in [4.69, 9.17) is 0 Å². The maximum atomic E-state index is 10.4. The van der Waals surface area contributed by atoms with Crippen LogP contribution >= 0.6 is 0 Å². The molecule has 0 amide bonds. The molecular formula is C11H13NO2. The summed E-state index contributed by atoms with van der Waals surface area (Å²) in [5.41, 5.74) is 1.29. The third kappa shape index (κ3) is 2.69. The fraction of sp³-hybridized carbons (Fsp3) is 0.273. The van der Waals surface area contributed by atoms with E-state index in [0.29, 0.717) is 0 Å². The van der Waals surface area contributed by atoms with Crippen molar-refractivity contribution in [2.45, 2.75) is 19.8 Å². The van der Waals surface area contributed by atoms with Crippen molar-refractivity contribution in [3.63, 3.8) is 0 Å². The highest BCUT2D eigenvalue weighted by atomic mass is 16.6. The van der Waals surface area contributed by atoms with Crippen LogP contribution in [0.2, 0.25) is 0 Å². The highest BCUT2D eigenvalue weighted by molar-refractivity contribution is 5.23. The highest BCUT2D eigenvalue weighted by Gasteiger charge is 2.07. The maximum Gasteiger partial charge on any atom is 0.239 e. The van der Waals surface area contributed by atoms with E-state index in [1.54, 1.807) is 6.08 Å². The molecule has 0 bridgehead atoms. The minimum absolute atomic E-state index is 0.0848. The highest BCUT2D eigenvalue weighted by Crippen LogP contribution is 2.17. The molecule has 0 heterocycles. The van der Waals surface area contributed by atoms with E-state index in [2.05, 4.69) is 0 Å². The molecule has 3 nitrogen and oxygen atoms in total. The van der Waals surface area contributed by atoms with E-state index in [9.17, 15) is 10.1 Å². The summed E-state index contributed by atoms with van der Waals surface area (Å²) in [6.07, 6.45) is 1.66. The molecule has 0 aliphatic heterocycles. The summed E-state index contributed by atoms with van der Waals surface area (Å²) in [6.45, 7) is 3.46. The van der Waals surface area contributed by atoms with Gasteiger partial charge in [-0.15, -0.1) is 0 Å². The van der Waals surface area contributed by atoms with Crippen molar-refractivity contribution in [2.75, 3.05) is 0 Å². The molecule has 0 radical (unpaired) electrons. The molecule has 1 aromatic rings. The van der Waals surface area contributed by atoms with Gasteiger partial charge in [0.15, 0.2) is 0 Å². The lowest BCUT2D eigenvalue weighted by Crippen LogP contribution is -1.97. The molecule has 0 fully saturated rings. The van der Waals surface area contributed by atoms with Crippen LogP contribution in [0.4, 0.5) is 0 Å². The SMILES string of the molecule is C/C(=C/[C@@H](C)c1ccccc1)[N+](=O)[O-]. The van der Waals surface area contributed by atoms with Gasteiger partial charge in [-0.1, -0.05) is 37.3 Å². The monoisotopic (exact) mass is 191 g/mol. The Morgan fingerprint density at radius 3 is 2.50 bits per heavy atom. The molecule has 1 aromatic carbocycles. The van der Waals surface area contributed by atoms with Crippen molar-refractivity contribution in [1.29, 1.82) is 0 Å². The van der Waals surface area contributed by atoms with Gasteiger partial charge >= 0.3 is 0 Å². The molecule has 14 heavy (non-hydrogen) atoms. The zero-order valence-electron chi connectivity index (χ0n) is 8.31. The molecule has 74 valence electrons. The van der Waals surface area contributed by atoms with Crippen molar-refractivity contribution >= 4 is 0 Å². The Kier molecular flexibility index (Phi) is 3.40. The van der Waals surface area contributed by atoms with Crippen LogP contribution in [-0.2, 0) is 0 Å². The van der Waals surface area contributed by atoms with Crippen LogP contribution in [0.1, 0.15) is 25.3 Å². The lowest BCUT2D eigenvalue weighted by molar-refractivity contribution is -0.424. The zero-order valence-corrected chi connectivity index (χ0v) is 8.31. The van der Waals surface area contributed by atoms with Gasteiger partial charge in [0.2, 0.25) is 5.70 Å². The quantitative estimate of drug-likeness (QED) is 0.544. The van der Waals surface area contributed by atoms with E-state index >= 15 is 0 Å². The fourth-order valence-electron chi connectivity index (χ4n) is 1.28. The smallest absolute Gasteiger partial charge is 0.239 e. The Balaban J connectivity index is 2.82. The molecule has 0 saturated heterocycles. The average Bonchev–Trinajstić information content (AvgIpc) is 2.19. The molecule has 0 aromatic heterocycles. The molecule has 0 aliphatic carbocycles. The Morgan fingerprint density at radius 1 is 1.43 bits per heavy atom. The Hall–Kier alpha value is -1.64. The Labute approximate surface area is 83.2 Å². The topological polar surface area (TPSA) is 43.1 Å². The van der Waals surface area contributed by atoms with Crippen LogP contribution in [0, 0.1) is 10.1 Å². The second kappa shape index (κ2) is 4.56. The summed E-state index contributed by atoms with van der Waals surface area (Å²) in [5.74, 6) is 0.0848. The van der Waals surface area contributed by atoms with Crippen molar-refractivity contribution in [2.24, 2.45) is 0 Å². The van der Waals surface area contributed by atoms with Crippen LogP contribution < -0.4 is 0 Å². The van der Waals surface area contributed by atoms with Crippen molar-refractivity contribution in [3.05, 3.63) is 57.8 Å². The van der Waals surface area contributed by atoms with Gasteiger partial charge in [-0.25, -0.2) is 0 Å². The average molecular weight is 191 g/mol. The molecule has 0 unspecified atom stereocenters. The third-order valence-electron chi connectivity index (χ3n) is 2.10. The van der Waals surface area contributed by atoms with Crippen LogP contribution in [0.3, 0.4) is 0 Å². The van der Waals surface area contributed by atoms with Crippen molar-refractivity contribution in [1.82, 2.24) is 0 Å². The summed E-state index contributed by atoms with van der Waals surface area (Å²) >= 11 is 0. The molecule has 1 atom stereocenters. The van der Waals surface area contributed by atoms with Gasteiger partial charge in [0.05, 0.1) is 4.92 Å². The van der Waals surface area contributed by atoms with E-state index in [1.807, 2.05) is 37.3 Å². The predicted octanol–water partition coefficient (Wildman–Crippen LogP) is 2.97. The summed E-state index contributed by atoms with van der Waals surface area (Å²) in [6, 6.07) is 9.73. The number of rotatable bonds is 3. The summed E-state index contributed by atoms with van der Waals surface area (Å²) in [5, 5.41) is 10.4. The summed E-state index contributed by atoms with van der Waals surface area (Å²) in [7, 11) is 0. The molecule has 0 aliphatic rings. The Morgan fingerprint density at radius 2 is 2.00 bits per heavy atom. The molecule has 0 saturated carbocycles. The van der Waals surface area contributed by atoms with Gasteiger partial charge in [-0.3, -0.25) is 10.1 Å². The summed E-state index contributed by atoms with van der Waals surface area (Å²) < 4.78 is 0. The Bertz CT molecular complexity index is 344. The number of benzene rings is 1. The normalized spacial score (nSPS) is 13.7. The number of hydrogen-bond donors (Lipinski definition) is 0. The minimum Gasteiger partial charge on any atom is -0.259 e.